The van der Waals surface area contributed by atoms with Gasteiger partial charge in [0, 0.05) is 30.6 Å². The maximum Gasteiger partial charge on any atom is 0.0110 e. The van der Waals surface area contributed by atoms with Crippen molar-refractivity contribution in [3.05, 3.63) is 22.4 Å². The van der Waals surface area contributed by atoms with Crippen LogP contribution >= 0.6 is 11.3 Å². The zero-order valence-electron chi connectivity index (χ0n) is 9.41. The summed E-state index contributed by atoms with van der Waals surface area (Å²) in [5.74, 6) is 0. The van der Waals surface area contributed by atoms with E-state index in [0.717, 1.165) is 12.6 Å². The SMILES string of the molecule is CC1CCNCCN1CCc1cccs1. The predicted molar refractivity (Wildman–Crippen MR) is 66.5 cm³/mol. The van der Waals surface area contributed by atoms with Gasteiger partial charge in [0.2, 0.25) is 0 Å². The lowest BCUT2D eigenvalue weighted by molar-refractivity contribution is 0.223. The summed E-state index contributed by atoms with van der Waals surface area (Å²) in [7, 11) is 0. The Morgan fingerprint density at radius 2 is 2.47 bits per heavy atom. The van der Waals surface area contributed by atoms with E-state index in [1.807, 2.05) is 11.3 Å². The highest BCUT2D eigenvalue weighted by Crippen LogP contribution is 2.12. The molecule has 15 heavy (non-hydrogen) atoms. The molecule has 1 aliphatic rings. The highest BCUT2D eigenvalue weighted by molar-refractivity contribution is 7.09. The smallest absolute Gasteiger partial charge is 0.0110 e. The van der Waals surface area contributed by atoms with E-state index in [2.05, 4.69) is 34.7 Å². The summed E-state index contributed by atoms with van der Waals surface area (Å²) in [5, 5.41) is 5.63. The molecule has 2 heterocycles. The van der Waals surface area contributed by atoms with E-state index in [9.17, 15) is 0 Å². The van der Waals surface area contributed by atoms with Crippen molar-refractivity contribution in [1.29, 1.82) is 0 Å². The fraction of sp³-hybridized carbons (Fsp3) is 0.667. The lowest BCUT2D eigenvalue weighted by atomic mass is 10.2. The summed E-state index contributed by atoms with van der Waals surface area (Å²) in [6.07, 6.45) is 2.49. The molecule has 84 valence electrons. The van der Waals surface area contributed by atoms with Crippen molar-refractivity contribution >= 4 is 11.3 Å². The Kier molecular flexibility index (Phi) is 4.18. The van der Waals surface area contributed by atoms with E-state index in [1.54, 1.807) is 0 Å². The first kappa shape index (κ1) is 11.1. The highest BCUT2D eigenvalue weighted by atomic mass is 32.1. The molecule has 1 unspecified atom stereocenters. The minimum atomic E-state index is 0.736. The van der Waals surface area contributed by atoms with Crippen molar-refractivity contribution < 1.29 is 0 Å². The molecule has 3 heteroatoms. The van der Waals surface area contributed by atoms with Gasteiger partial charge < -0.3 is 5.32 Å². The van der Waals surface area contributed by atoms with Gasteiger partial charge in [0.15, 0.2) is 0 Å². The van der Waals surface area contributed by atoms with Gasteiger partial charge in [-0.1, -0.05) is 6.07 Å². The van der Waals surface area contributed by atoms with Crippen LogP contribution in [-0.4, -0.2) is 37.1 Å². The molecule has 1 aliphatic heterocycles. The molecule has 2 rings (SSSR count). The van der Waals surface area contributed by atoms with Gasteiger partial charge in [0.05, 0.1) is 0 Å². The second kappa shape index (κ2) is 5.64. The first-order valence-corrected chi connectivity index (χ1v) is 6.71. The van der Waals surface area contributed by atoms with E-state index < -0.39 is 0 Å². The normalized spacial score (nSPS) is 23.9. The minimum absolute atomic E-state index is 0.736. The molecule has 0 saturated carbocycles. The molecule has 0 spiro atoms. The molecular formula is C12H20N2S. The summed E-state index contributed by atoms with van der Waals surface area (Å²) in [4.78, 5) is 4.12. The average molecular weight is 224 g/mol. The van der Waals surface area contributed by atoms with Gasteiger partial charge >= 0.3 is 0 Å². The summed E-state index contributed by atoms with van der Waals surface area (Å²) in [6, 6.07) is 5.12. The average Bonchev–Trinajstić information content (AvgIpc) is 2.67. The van der Waals surface area contributed by atoms with Crippen LogP contribution in [0, 0.1) is 0 Å². The molecule has 0 radical (unpaired) electrons. The summed E-state index contributed by atoms with van der Waals surface area (Å²) < 4.78 is 0. The standard InChI is InChI=1S/C12H20N2S/c1-11-4-6-13-7-9-14(11)8-5-12-3-2-10-15-12/h2-3,10-11,13H,4-9H2,1H3. The van der Waals surface area contributed by atoms with Crippen molar-refractivity contribution in [1.82, 2.24) is 10.2 Å². The molecule has 1 aromatic heterocycles. The molecule has 2 nitrogen and oxygen atoms in total. The Morgan fingerprint density at radius 1 is 1.53 bits per heavy atom. The van der Waals surface area contributed by atoms with Crippen molar-refractivity contribution in [3.8, 4) is 0 Å². The van der Waals surface area contributed by atoms with Crippen LogP contribution in [0.5, 0.6) is 0 Å². The van der Waals surface area contributed by atoms with Gasteiger partial charge in [-0.15, -0.1) is 11.3 Å². The van der Waals surface area contributed by atoms with Gasteiger partial charge in [0.1, 0.15) is 0 Å². The van der Waals surface area contributed by atoms with Crippen LogP contribution in [0.25, 0.3) is 0 Å². The van der Waals surface area contributed by atoms with E-state index in [4.69, 9.17) is 0 Å². The number of nitrogens with one attached hydrogen (secondary N) is 1. The molecular weight excluding hydrogens is 204 g/mol. The van der Waals surface area contributed by atoms with Crippen molar-refractivity contribution in [2.45, 2.75) is 25.8 Å². The monoisotopic (exact) mass is 224 g/mol. The molecule has 1 aromatic rings. The van der Waals surface area contributed by atoms with Crippen LogP contribution in [0.15, 0.2) is 17.5 Å². The molecule has 1 atom stereocenters. The maximum atomic E-state index is 3.46. The van der Waals surface area contributed by atoms with Gasteiger partial charge in [-0.2, -0.15) is 0 Å². The Balaban J connectivity index is 1.81. The first-order valence-electron chi connectivity index (χ1n) is 5.83. The summed E-state index contributed by atoms with van der Waals surface area (Å²) in [5.41, 5.74) is 0. The van der Waals surface area contributed by atoms with Crippen LogP contribution < -0.4 is 5.32 Å². The number of nitrogens with zero attached hydrogens (tertiary/aromatic N) is 1. The van der Waals surface area contributed by atoms with Crippen molar-refractivity contribution in [2.24, 2.45) is 0 Å². The Labute approximate surface area is 96.3 Å². The lowest BCUT2D eigenvalue weighted by Gasteiger charge is -2.26. The van der Waals surface area contributed by atoms with Crippen LogP contribution in [0.4, 0.5) is 0 Å². The number of hydrogen-bond donors (Lipinski definition) is 1. The largest absolute Gasteiger partial charge is 0.315 e. The zero-order chi connectivity index (χ0) is 10.5. The number of hydrogen-bond acceptors (Lipinski definition) is 3. The maximum absolute atomic E-state index is 3.46. The minimum Gasteiger partial charge on any atom is -0.315 e. The third-order valence-corrected chi connectivity index (χ3v) is 4.10. The molecule has 0 bridgehead atoms. The topological polar surface area (TPSA) is 15.3 Å². The van der Waals surface area contributed by atoms with Gasteiger partial charge in [-0.05, 0) is 37.8 Å². The second-order valence-corrected chi connectivity index (χ2v) is 5.29. The first-order chi connectivity index (χ1) is 7.36. The van der Waals surface area contributed by atoms with Crippen molar-refractivity contribution in [3.63, 3.8) is 0 Å². The lowest BCUT2D eigenvalue weighted by Crippen LogP contribution is -2.35. The van der Waals surface area contributed by atoms with Crippen LogP contribution in [0.1, 0.15) is 18.2 Å². The summed E-state index contributed by atoms with van der Waals surface area (Å²) >= 11 is 1.88. The highest BCUT2D eigenvalue weighted by Gasteiger charge is 2.15. The second-order valence-electron chi connectivity index (χ2n) is 4.25. The number of thiophene rings is 1. The van der Waals surface area contributed by atoms with Gasteiger partial charge in [0.25, 0.3) is 0 Å². The zero-order valence-corrected chi connectivity index (χ0v) is 10.2. The van der Waals surface area contributed by atoms with E-state index in [0.29, 0.717) is 0 Å². The van der Waals surface area contributed by atoms with Gasteiger partial charge in [-0.3, -0.25) is 4.90 Å². The summed E-state index contributed by atoms with van der Waals surface area (Å²) in [6.45, 7) is 7.09. The van der Waals surface area contributed by atoms with E-state index in [-0.39, 0.29) is 0 Å². The van der Waals surface area contributed by atoms with Crippen LogP contribution in [0.3, 0.4) is 0 Å². The predicted octanol–water partition coefficient (Wildman–Crippen LogP) is 1.97. The van der Waals surface area contributed by atoms with E-state index >= 15 is 0 Å². The molecule has 1 fully saturated rings. The molecule has 0 amide bonds. The molecule has 0 aromatic carbocycles. The van der Waals surface area contributed by atoms with Gasteiger partial charge in [-0.25, -0.2) is 0 Å². The molecule has 0 aliphatic carbocycles. The van der Waals surface area contributed by atoms with Crippen molar-refractivity contribution in [2.75, 3.05) is 26.2 Å². The third kappa shape index (κ3) is 3.30. The third-order valence-electron chi connectivity index (χ3n) is 3.16. The fourth-order valence-electron chi connectivity index (χ4n) is 2.10. The van der Waals surface area contributed by atoms with E-state index in [1.165, 1.54) is 37.4 Å². The Morgan fingerprint density at radius 3 is 3.27 bits per heavy atom. The van der Waals surface area contributed by atoms with Crippen LogP contribution in [0.2, 0.25) is 0 Å². The fourth-order valence-corrected chi connectivity index (χ4v) is 2.80. The number of rotatable bonds is 3. The van der Waals surface area contributed by atoms with Crippen LogP contribution in [-0.2, 0) is 6.42 Å². The molecule has 1 saturated heterocycles. The Hall–Kier alpha value is -0.380. The quantitative estimate of drug-likeness (QED) is 0.844. The Bertz CT molecular complexity index is 271. The molecule has 1 N–H and O–H groups in total.